The summed E-state index contributed by atoms with van der Waals surface area (Å²) in [4.78, 5) is 0.103. The molecule has 0 aromatic heterocycles. The van der Waals surface area contributed by atoms with E-state index in [1.807, 2.05) is 0 Å². The van der Waals surface area contributed by atoms with Crippen LogP contribution in [0.3, 0.4) is 0 Å². The highest BCUT2D eigenvalue weighted by atomic mass is 32.2. The highest BCUT2D eigenvalue weighted by Crippen LogP contribution is 2.24. The zero-order valence-electron chi connectivity index (χ0n) is 9.34. The van der Waals surface area contributed by atoms with E-state index in [9.17, 15) is 13.5 Å². The lowest BCUT2D eigenvalue weighted by Gasteiger charge is -2.18. The Hall–Kier alpha value is -1.27. The normalized spacial score (nSPS) is 11.9. The fourth-order valence-electron chi connectivity index (χ4n) is 1.41. The van der Waals surface area contributed by atoms with Crippen LogP contribution in [-0.4, -0.2) is 30.9 Å². The molecule has 16 heavy (non-hydrogen) atoms. The van der Waals surface area contributed by atoms with Crippen molar-refractivity contribution in [3.63, 3.8) is 0 Å². The lowest BCUT2D eigenvalue weighted by Crippen LogP contribution is -2.30. The highest BCUT2D eigenvalue weighted by Gasteiger charge is 2.21. The summed E-state index contributed by atoms with van der Waals surface area (Å²) in [5.74, 6) is -0.113. The third-order valence-electron chi connectivity index (χ3n) is 2.34. The molecule has 1 aromatic carbocycles. The van der Waals surface area contributed by atoms with E-state index in [4.69, 9.17) is 5.73 Å². The van der Waals surface area contributed by atoms with Crippen LogP contribution in [-0.2, 0) is 10.0 Å². The van der Waals surface area contributed by atoms with Crippen LogP contribution in [0.2, 0.25) is 0 Å². The molecule has 0 saturated carbocycles. The summed E-state index contributed by atoms with van der Waals surface area (Å²) in [5.41, 5.74) is 5.53. The second-order valence-corrected chi connectivity index (χ2v) is 5.25. The van der Waals surface area contributed by atoms with E-state index in [1.54, 1.807) is 13.8 Å². The number of nitrogens with zero attached hydrogens (tertiary/aromatic N) is 1. The third-order valence-corrected chi connectivity index (χ3v) is 4.39. The number of benzene rings is 1. The molecule has 0 heterocycles. The first-order valence-corrected chi connectivity index (χ1v) is 6.46. The van der Waals surface area contributed by atoms with Crippen LogP contribution in [0.5, 0.6) is 5.75 Å². The molecule has 6 heteroatoms. The fourth-order valence-corrected chi connectivity index (χ4v) is 2.90. The zero-order chi connectivity index (χ0) is 12.3. The van der Waals surface area contributed by atoms with Gasteiger partial charge in [-0.25, -0.2) is 8.42 Å². The number of sulfonamides is 1. The van der Waals surface area contributed by atoms with Gasteiger partial charge in [-0.1, -0.05) is 13.8 Å². The summed E-state index contributed by atoms with van der Waals surface area (Å²) in [6.07, 6.45) is 0. The van der Waals surface area contributed by atoms with E-state index in [0.717, 1.165) is 0 Å². The quantitative estimate of drug-likeness (QED) is 0.611. The number of phenolic OH excluding ortho intramolecular Hbond substituents is 1. The van der Waals surface area contributed by atoms with Crippen LogP contribution in [0.4, 0.5) is 5.69 Å². The molecule has 0 radical (unpaired) electrons. The lowest BCUT2D eigenvalue weighted by molar-refractivity contribution is 0.445. The van der Waals surface area contributed by atoms with Crippen molar-refractivity contribution >= 4 is 15.7 Å². The summed E-state index contributed by atoms with van der Waals surface area (Å²) >= 11 is 0. The van der Waals surface area contributed by atoms with E-state index in [2.05, 4.69) is 0 Å². The van der Waals surface area contributed by atoms with Crippen LogP contribution >= 0.6 is 0 Å². The average Bonchev–Trinajstić information content (AvgIpc) is 2.23. The minimum Gasteiger partial charge on any atom is -0.506 e. The largest absolute Gasteiger partial charge is 0.506 e. The Morgan fingerprint density at radius 3 is 2.31 bits per heavy atom. The van der Waals surface area contributed by atoms with Crippen molar-refractivity contribution in [3.8, 4) is 5.75 Å². The molecule has 0 aliphatic carbocycles. The Morgan fingerprint density at radius 1 is 1.31 bits per heavy atom. The predicted molar refractivity (Wildman–Crippen MR) is 62.6 cm³/mol. The van der Waals surface area contributed by atoms with Gasteiger partial charge in [-0.15, -0.1) is 0 Å². The van der Waals surface area contributed by atoms with Gasteiger partial charge in [-0.05, 0) is 18.2 Å². The average molecular weight is 244 g/mol. The Labute approximate surface area is 95.5 Å². The maximum atomic E-state index is 12.0. The first kappa shape index (κ1) is 12.8. The topological polar surface area (TPSA) is 83.6 Å². The van der Waals surface area contributed by atoms with Crippen LogP contribution in [0.15, 0.2) is 23.1 Å². The molecule has 0 aliphatic rings. The van der Waals surface area contributed by atoms with Gasteiger partial charge in [0.15, 0.2) is 0 Å². The number of nitrogens with two attached hydrogens (primary N) is 1. The molecule has 0 saturated heterocycles. The third kappa shape index (κ3) is 2.28. The molecule has 0 spiro atoms. The number of aromatic hydroxyl groups is 1. The van der Waals surface area contributed by atoms with Crippen LogP contribution in [0.25, 0.3) is 0 Å². The molecule has 0 unspecified atom stereocenters. The highest BCUT2D eigenvalue weighted by molar-refractivity contribution is 7.89. The molecule has 0 atom stereocenters. The molecular formula is C10H16N2O3S. The van der Waals surface area contributed by atoms with Crippen molar-refractivity contribution in [2.24, 2.45) is 0 Å². The number of phenols is 1. The van der Waals surface area contributed by atoms with Gasteiger partial charge < -0.3 is 10.8 Å². The Balaban J connectivity index is 3.22. The number of hydrogen-bond donors (Lipinski definition) is 2. The van der Waals surface area contributed by atoms with Crippen molar-refractivity contribution in [2.45, 2.75) is 18.7 Å². The molecule has 0 fully saturated rings. The van der Waals surface area contributed by atoms with Gasteiger partial charge in [-0.3, -0.25) is 0 Å². The number of rotatable bonds is 4. The van der Waals surface area contributed by atoms with E-state index in [1.165, 1.54) is 22.5 Å². The molecular weight excluding hydrogens is 228 g/mol. The maximum Gasteiger partial charge on any atom is 0.243 e. The van der Waals surface area contributed by atoms with Gasteiger partial charge in [0.05, 0.1) is 10.6 Å². The van der Waals surface area contributed by atoms with Crippen molar-refractivity contribution in [3.05, 3.63) is 18.2 Å². The van der Waals surface area contributed by atoms with Gasteiger partial charge in [0.25, 0.3) is 0 Å². The lowest BCUT2D eigenvalue weighted by atomic mass is 10.3. The minimum absolute atomic E-state index is 0.0632. The maximum absolute atomic E-state index is 12.0. The number of nitrogen functional groups attached to an aromatic ring is 1. The Bertz CT molecular complexity index is 467. The van der Waals surface area contributed by atoms with E-state index in [-0.39, 0.29) is 16.3 Å². The SMILES string of the molecule is CCN(CC)S(=O)(=O)c1ccc(O)c(N)c1. The van der Waals surface area contributed by atoms with Crippen LogP contribution in [0, 0.1) is 0 Å². The van der Waals surface area contributed by atoms with Crippen molar-refractivity contribution in [1.82, 2.24) is 4.31 Å². The van der Waals surface area contributed by atoms with Gasteiger partial charge in [-0.2, -0.15) is 4.31 Å². The van der Waals surface area contributed by atoms with Crippen molar-refractivity contribution < 1.29 is 13.5 Å². The minimum atomic E-state index is -3.50. The summed E-state index contributed by atoms with van der Waals surface area (Å²) < 4.78 is 25.4. The van der Waals surface area contributed by atoms with E-state index in [0.29, 0.717) is 13.1 Å². The number of hydrogen-bond acceptors (Lipinski definition) is 4. The Kier molecular flexibility index (Phi) is 3.77. The first-order chi connectivity index (χ1) is 7.43. The van der Waals surface area contributed by atoms with Gasteiger partial charge >= 0.3 is 0 Å². The second kappa shape index (κ2) is 4.71. The molecule has 90 valence electrons. The van der Waals surface area contributed by atoms with E-state index >= 15 is 0 Å². The van der Waals surface area contributed by atoms with Gasteiger partial charge in [0, 0.05) is 13.1 Å². The molecule has 5 nitrogen and oxygen atoms in total. The van der Waals surface area contributed by atoms with Crippen molar-refractivity contribution in [2.75, 3.05) is 18.8 Å². The van der Waals surface area contributed by atoms with E-state index < -0.39 is 10.0 Å². The fraction of sp³-hybridized carbons (Fsp3) is 0.400. The first-order valence-electron chi connectivity index (χ1n) is 5.02. The number of anilines is 1. The Morgan fingerprint density at radius 2 is 1.88 bits per heavy atom. The van der Waals surface area contributed by atoms with Crippen LogP contribution in [0.1, 0.15) is 13.8 Å². The van der Waals surface area contributed by atoms with Gasteiger partial charge in [0.2, 0.25) is 10.0 Å². The molecule has 1 rings (SSSR count). The summed E-state index contributed by atoms with van der Waals surface area (Å²) in [6.45, 7) is 4.34. The standard InChI is InChI=1S/C10H16N2O3S/c1-3-12(4-2)16(14,15)8-5-6-10(13)9(11)7-8/h5-7,13H,3-4,11H2,1-2H3. The summed E-state index contributed by atoms with van der Waals surface area (Å²) in [7, 11) is -3.50. The van der Waals surface area contributed by atoms with Gasteiger partial charge in [0.1, 0.15) is 5.75 Å². The summed E-state index contributed by atoms with van der Waals surface area (Å²) in [6, 6.07) is 3.90. The molecule has 3 N–H and O–H groups in total. The molecule has 0 bridgehead atoms. The molecule has 0 amide bonds. The molecule has 1 aromatic rings. The van der Waals surface area contributed by atoms with Crippen molar-refractivity contribution in [1.29, 1.82) is 0 Å². The monoisotopic (exact) mass is 244 g/mol. The predicted octanol–water partition coefficient (Wildman–Crippen LogP) is 1.00. The van der Waals surface area contributed by atoms with Crippen LogP contribution < -0.4 is 5.73 Å². The summed E-state index contributed by atoms with van der Waals surface area (Å²) in [5, 5.41) is 9.23. The second-order valence-electron chi connectivity index (χ2n) is 3.31. The zero-order valence-corrected chi connectivity index (χ0v) is 10.2. The molecule has 0 aliphatic heterocycles. The smallest absolute Gasteiger partial charge is 0.243 e.